The van der Waals surface area contributed by atoms with E-state index in [0.29, 0.717) is 22.7 Å². The molecule has 9 nitrogen and oxygen atoms in total. The van der Waals surface area contributed by atoms with Crippen molar-refractivity contribution in [3.05, 3.63) is 94.6 Å². The maximum atomic E-state index is 13.1. The fourth-order valence-electron chi connectivity index (χ4n) is 4.70. The maximum absolute atomic E-state index is 13.1. The van der Waals surface area contributed by atoms with Crippen molar-refractivity contribution in [2.45, 2.75) is 19.4 Å². The SMILES string of the molecule is O=C(Nc1cccc(CNC(=O)c2sccc2Nc2ccnc3[nH]ccc23)c1)c1ccnc(N2CCCC2)c1. The lowest BCUT2D eigenvalue weighted by Gasteiger charge is -2.16. The number of aromatic nitrogens is 3. The summed E-state index contributed by atoms with van der Waals surface area (Å²) in [5.41, 5.74) is 4.50. The van der Waals surface area contributed by atoms with Gasteiger partial charge in [-0.3, -0.25) is 9.59 Å². The van der Waals surface area contributed by atoms with Gasteiger partial charge in [-0.15, -0.1) is 11.3 Å². The van der Waals surface area contributed by atoms with Gasteiger partial charge in [0, 0.05) is 54.9 Å². The molecule has 39 heavy (non-hydrogen) atoms. The standard InChI is InChI=1S/C29H27N7O2S/c37-28(20-6-10-30-25(17-20)36-13-1-2-14-36)34-21-5-3-4-19(16-21)18-33-29(38)26-24(9-15-39-26)35-23-8-12-32-27-22(23)7-11-31-27/h3-12,15-17H,1-2,13-14,18H2,(H,33,38)(H,34,37)(H2,31,32,35). The van der Waals surface area contributed by atoms with Crippen LogP contribution in [0.2, 0.25) is 0 Å². The van der Waals surface area contributed by atoms with Crippen molar-refractivity contribution in [1.82, 2.24) is 20.3 Å². The van der Waals surface area contributed by atoms with Crippen molar-refractivity contribution >= 4 is 57.1 Å². The topological polar surface area (TPSA) is 115 Å². The largest absolute Gasteiger partial charge is 0.357 e. The molecule has 5 heterocycles. The summed E-state index contributed by atoms with van der Waals surface area (Å²) >= 11 is 1.38. The van der Waals surface area contributed by atoms with Gasteiger partial charge in [-0.2, -0.15) is 0 Å². The number of carbonyl (C=O) groups is 2. The molecule has 1 aliphatic rings. The molecule has 0 spiro atoms. The fraction of sp³-hybridized carbons (Fsp3) is 0.172. The summed E-state index contributed by atoms with van der Waals surface area (Å²) in [4.78, 5) is 40.6. The minimum atomic E-state index is -0.194. The van der Waals surface area contributed by atoms with E-state index in [-0.39, 0.29) is 11.8 Å². The van der Waals surface area contributed by atoms with Gasteiger partial charge >= 0.3 is 0 Å². The van der Waals surface area contributed by atoms with Crippen molar-refractivity contribution in [2.24, 2.45) is 0 Å². The number of nitrogens with one attached hydrogen (secondary N) is 4. The molecule has 1 aliphatic heterocycles. The molecule has 0 radical (unpaired) electrons. The first kappa shape index (κ1) is 24.6. The number of anilines is 4. The zero-order chi connectivity index (χ0) is 26.6. The van der Waals surface area contributed by atoms with Gasteiger partial charge in [0.2, 0.25) is 0 Å². The smallest absolute Gasteiger partial charge is 0.263 e. The van der Waals surface area contributed by atoms with Gasteiger partial charge in [0.1, 0.15) is 16.3 Å². The highest BCUT2D eigenvalue weighted by atomic mass is 32.1. The highest BCUT2D eigenvalue weighted by Gasteiger charge is 2.17. The van der Waals surface area contributed by atoms with Gasteiger partial charge in [0.15, 0.2) is 0 Å². The van der Waals surface area contributed by atoms with Crippen LogP contribution in [0.4, 0.5) is 22.9 Å². The van der Waals surface area contributed by atoms with Crippen LogP contribution in [0.5, 0.6) is 0 Å². The van der Waals surface area contributed by atoms with E-state index < -0.39 is 0 Å². The Bertz CT molecular complexity index is 1640. The molecule has 1 aromatic carbocycles. The van der Waals surface area contributed by atoms with Crippen LogP contribution in [0.25, 0.3) is 11.0 Å². The zero-order valence-electron chi connectivity index (χ0n) is 21.1. The molecule has 2 amide bonds. The Kier molecular flexibility index (Phi) is 6.92. The monoisotopic (exact) mass is 537 g/mol. The van der Waals surface area contributed by atoms with Crippen LogP contribution in [-0.2, 0) is 6.54 Å². The van der Waals surface area contributed by atoms with Crippen molar-refractivity contribution in [3.8, 4) is 0 Å². The van der Waals surface area contributed by atoms with Crippen LogP contribution in [0.15, 0.2) is 78.6 Å². The lowest BCUT2D eigenvalue weighted by molar-refractivity contribution is 0.0954. The summed E-state index contributed by atoms with van der Waals surface area (Å²) in [5, 5.41) is 12.2. The van der Waals surface area contributed by atoms with Gasteiger partial charge in [-0.25, -0.2) is 9.97 Å². The second kappa shape index (κ2) is 11.0. The quantitative estimate of drug-likeness (QED) is 0.206. The van der Waals surface area contributed by atoms with E-state index in [2.05, 4.69) is 35.8 Å². The van der Waals surface area contributed by atoms with E-state index in [0.717, 1.165) is 59.7 Å². The van der Waals surface area contributed by atoms with Gasteiger partial charge < -0.3 is 25.8 Å². The molecule has 4 N–H and O–H groups in total. The van der Waals surface area contributed by atoms with Crippen LogP contribution in [0, 0.1) is 0 Å². The van der Waals surface area contributed by atoms with Gasteiger partial charge in [-0.05, 0) is 66.2 Å². The summed E-state index contributed by atoms with van der Waals surface area (Å²) < 4.78 is 0. The first-order chi connectivity index (χ1) is 19.1. The van der Waals surface area contributed by atoms with Crippen molar-refractivity contribution in [3.63, 3.8) is 0 Å². The molecule has 196 valence electrons. The van der Waals surface area contributed by atoms with E-state index in [1.807, 2.05) is 60.1 Å². The van der Waals surface area contributed by atoms with Crippen LogP contribution >= 0.6 is 11.3 Å². The Hall–Kier alpha value is -4.70. The molecule has 5 aromatic rings. The number of rotatable bonds is 8. The van der Waals surface area contributed by atoms with Gasteiger partial charge in [0.25, 0.3) is 11.8 Å². The number of benzene rings is 1. The minimum Gasteiger partial charge on any atom is -0.357 e. The molecule has 0 aliphatic carbocycles. The number of H-pyrrole nitrogens is 1. The van der Waals surface area contributed by atoms with Crippen molar-refractivity contribution < 1.29 is 9.59 Å². The summed E-state index contributed by atoms with van der Waals surface area (Å²) in [7, 11) is 0. The molecular weight excluding hydrogens is 510 g/mol. The molecule has 4 aromatic heterocycles. The third-order valence-electron chi connectivity index (χ3n) is 6.68. The van der Waals surface area contributed by atoms with E-state index in [1.165, 1.54) is 11.3 Å². The number of amides is 2. The maximum Gasteiger partial charge on any atom is 0.263 e. The summed E-state index contributed by atoms with van der Waals surface area (Å²) in [6, 6.07) is 16.8. The first-order valence-corrected chi connectivity index (χ1v) is 13.7. The third kappa shape index (κ3) is 5.46. The van der Waals surface area contributed by atoms with Crippen LogP contribution < -0.4 is 20.9 Å². The second-order valence-corrected chi connectivity index (χ2v) is 10.2. The fourth-order valence-corrected chi connectivity index (χ4v) is 5.47. The van der Waals surface area contributed by atoms with Crippen LogP contribution in [0.1, 0.15) is 38.4 Å². The Labute approximate surface area is 229 Å². The Morgan fingerprint density at radius 2 is 1.82 bits per heavy atom. The Morgan fingerprint density at radius 1 is 0.949 bits per heavy atom. The minimum absolute atomic E-state index is 0.174. The van der Waals surface area contributed by atoms with E-state index in [4.69, 9.17) is 0 Å². The molecule has 10 heteroatoms. The molecule has 0 unspecified atom stereocenters. The number of hydrogen-bond donors (Lipinski definition) is 4. The zero-order valence-corrected chi connectivity index (χ0v) is 21.9. The first-order valence-electron chi connectivity index (χ1n) is 12.8. The van der Waals surface area contributed by atoms with Gasteiger partial charge in [-0.1, -0.05) is 12.1 Å². The second-order valence-electron chi connectivity index (χ2n) is 9.32. The summed E-state index contributed by atoms with van der Waals surface area (Å²) in [6.07, 6.45) is 7.53. The summed E-state index contributed by atoms with van der Waals surface area (Å²) in [6.45, 7) is 2.26. The highest BCUT2D eigenvalue weighted by Crippen LogP contribution is 2.29. The molecular formula is C29H27N7O2S. The Balaban J connectivity index is 1.09. The molecule has 0 atom stereocenters. The lowest BCUT2D eigenvalue weighted by Crippen LogP contribution is -2.22. The van der Waals surface area contributed by atoms with Gasteiger partial charge in [0.05, 0.1) is 11.4 Å². The van der Waals surface area contributed by atoms with Crippen molar-refractivity contribution in [1.29, 1.82) is 0 Å². The third-order valence-corrected chi connectivity index (χ3v) is 7.59. The molecule has 0 bridgehead atoms. The number of pyridine rings is 2. The molecule has 6 rings (SSSR count). The van der Waals surface area contributed by atoms with Crippen LogP contribution in [-0.4, -0.2) is 39.9 Å². The number of hydrogen-bond acceptors (Lipinski definition) is 7. The lowest BCUT2D eigenvalue weighted by atomic mass is 10.1. The average Bonchev–Trinajstić information content (AvgIpc) is 3.75. The average molecular weight is 538 g/mol. The molecule has 0 saturated carbocycles. The summed E-state index contributed by atoms with van der Waals surface area (Å²) in [5.74, 6) is 0.467. The molecule has 1 fully saturated rings. The normalized spacial score (nSPS) is 13.0. The van der Waals surface area contributed by atoms with E-state index in [9.17, 15) is 9.59 Å². The highest BCUT2D eigenvalue weighted by molar-refractivity contribution is 7.12. The van der Waals surface area contributed by atoms with E-state index >= 15 is 0 Å². The molecule has 1 saturated heterocycles. The number of thiophene rings is 1. The predicted octanol–water partition coefficient (Wildman–Crippen LogP) is 5.55. The Morgan fingerprint density at radius 3 is 2.72 bits per heavy atom. The van der Waals surface area contributed by atoms with Crippen LogP contribution in [0.3, 0.4) is 0 Å². The number of fused-ring (bicyclic) bond motifs is 1. The number of nitrogens with zero attached hydrogens (tertiary/aromatic N) is 3. The number of aromatic amines is 1. The van der Waals surface area contributed by atoms with E-state index in [1.54, 1.807) is 18.5 Å². The number of carbonyl (C=O) groups excluding carboxylic acids is 2. The van der Waals surface area contributed by atoms with Crippen molar-refractivity contribution in [2.75, 3.05) is 28.6 Å². The predicted molar refractivity (Wildman–Crippen MR) is 155 cm³/mol.